The van der Waals surface area contributed by atoms with Gasteiger partial charge < -0.3 is 19.7 Å². The van der Waals surface area contributed by atoms with Crippen molar-refractivity contribution in [2.75, 3.05) is 58.4 Å². The van der Waals surface area contributed by atoms with Crippen LogP contribution in [0, 0.1) is 6.92 Å². The minimum absolute atomic E-state index is 0.0300. The van der Waals surface area contributed by atoms with Crippen LogP contribution in [0.4, 0.5) is 5.13 Å². The van der Waals surface area contributed by atoms with E-state index < -0.39 is 0 Å². The van der Waals surface area contributed by atoms with Crippen LogP contribution in [0.25, 0.3) is 0 Å². The van der Waals surface area contributed by atoms with Gasteiger partial charge in [-0.15, -0.1) is 11.3 Å². The quantitative estimate of drug-likeness (QED) is 0.654. The van der Waals surface area contributed by atoms with E-state index in [0.717, 1.165) is 44.1 Å². The average molecular weight is 433 g/mol. The lowest BCUT2D eigenvalue weighted by atomic mass is 10.1. The Labute approximate surface area is 180 Å². The molecule has 1 N–H and O–H groups in total. The van der Waals surface area contributed by atoms with Crippen molar-refractivity contribution in [1.29, 1.82) is 0 Å². The Morgan fingerprint density at radius 1 is 1.33 bits per heavy atom. The molecular weight excluding hydrogens is 404 g/mol. The van der Waals surface area contributed by atoms with Crippen LogP contribution in [0.2, 0.25) is 0 Å². The number of ether oxygens (including phenoxy) is 2. The van der Waals surface area contributed by atoms with Gasteiger partial charge in [-0.05, 0) is 31.5 Å². The largest absolute Gasteiger partial charge is 0.497 e. The maximum absolute atomic E-state index is 13.1. The van der Waals surface area contributed by atoms with E-state index in [1.807, 2.05) is 6.92 Å². The average Bonchev–Trinajstić information content (AvgIpc) is 3.17. The second-order valence-corrected chi connectivity index (χ2v) is 8.33. The van der Waals surface area contributed by atoms with E-state index in [2.05, 4.69) is 15.2 Å². The first kappa shape index (κ1) is 22.2. The summed E-state index contributed by atoms with van der Waals surface area (Å²) < 4.78 is 10.6. The zero-order valence-corrected chi connectivity index (χ0v) is 18.2. The Balaban J connectivity index is 1.64. The van der Waals surface area contributed by atoms with Crippen molar-refractivity contribution in [3.63, 3.8) is 0 Å². The van der Waals surface area contributed by atoms with Crippen molar-refractivity contribution in [2.24, 2.45) is 0 Å². The molecule has 0 unspecified atom stereocenters. The van der Waals surface area contributed by atoms with Crippen LogP contribution in [0.3, 0.4) is 0 Å². The highest BCUT2D eigenvalue weighted by molar-refractivity contribution is 7.15. The number of rotatable bonds is 9. The van der Waals surface area contributed by atoms with E-state index in [9.17, 15) is 9.59 Å². The number of nitrogens with zero attached hydrogens (tertiary/aromatic N) is 3. The number of thiazole rings is 1. The molecule has 8 nitrogen and oxygen atoms in total. The highest BCUT2D eigenvalue weighted by atomic mass is 32.1. The molecule has 0 spiro atoms. The molecule has 1 aromatic heterocycles. The van der Waals surface area contributed by atoms with Crippen LogP contribution in [0.5, 0.6) is 5.75 Å². The Bertz CT molecular complexity index is 851. The normalized spacial score (nSPS) is 14.3. The topological polar surface area (TPSA) is 84.0 Å². The maximum Gasteiger partial charge on any atom is 0.254 e. The van der Waals surface area contributed by atoms with Crippen molar-refractivity contribution in [3.8, 4) is 5.75 Å². The summed E-state index contributed by atoms with van der Waals surface area (Å²) in [5, 5.41) is 3.33. The third kappa shape index (κ3) is 6.51. The number of carbonyl (C=O) groups excluding carboxylic acids is 2. The summed E-state index contributed by atoms with van der Waals surface area (Å²) in [4.78, 5) is 34.8. The third-order valence-corrected chi connectivity index (χ3v) is 5.64. The number of carbonyl (C=O) groups is 2. The van der Waals surface area contributed by atoms with E-state index >= 15 is 0 Å². The third-order valence-electron chi connectivity index (χ3n) is 4.81. The number of methoxy groups -OCH3 is 1. The number of amides is 2. The van der Waals surface area contributed by atoms with E-state index in [-0.39, 0.29) is 18.4 Å². The summed E-state index contributed by atoms with van der Waals surface area (Å²) in [5.74, 6) is 0.158. The smallest absolute Gasteiger partial charge is 0.254 e. The van der Waals surface area contributed by atoms with Gasteiger partial charge in [0.1, 0.15) is 12.3 Å². The van der Waals surface area contributed by atoms with Gasteiger partial charge >= 0.3 is 0 Å². The van der Waals surface area contributed by atoms with Gasteiger partial charge in [0.25, 0.3) is 5.91 Å². The number of anilines is 1. The molecule has 162 valence electrons. The maximum atomic E-state index is 13.1. The summed E-state index contributed by atoms with van der Waals surface area (Å²) in [6.45, 7) is 6.51. The van der Waals surface area contributed by atoms with E-state index in [1.165, 1.54) is 11.3 Å². The molecule has 3 rings (SSSR count). The molecule has 1 aromatic carbocycles. The van der Waals surface area contributed by atoms with Crippen LogP contribution < -0.4 is 10.1 Å². The highest BCUT2D eigenvalue weighted by Crippen LogP contribution is 2.17. The highest BCUT2D eigenvalue weighted by Gasteiger charge is 2.20. The first-order valence-electron chi connectivity index (χ1n) is 10.0. The molecule has 1 fully saturated rings. The molecule has 9 heteroatoms. The summed E-state index contributed by atoms with van der Waals surface area (Å²) in [7, 11) is 1.56. The van der Waals surface area contributed by atoms with Crippen molar-refractivity contribution in [1.82, 2.24) is 14.8 Å². The van der Waals surface area contributed by atoms with E-state index in [0.29, 0.717) is 23.0 Å². The second-order valence-electron chi connectivity index (χ2n) is 7.09. The molecule has 1 saturated heterocycles. The van der Waals surface area contributed by atoms with Gasteiger partial charge in [-0.2, -0.15) is 0 Å². The number of hydrogen-bond donors (Lipinski definition) is 1. The zero-order valence-electron chi connectivity index (χ0n) is 17.4. The Morgan fingerprint density at radius 3 is 2.83 bits per heavy atom. The minimum Gasteiger partial charge on any atom is -0.497 e. The first-order valence-corrected chi connectivity index (χ1v) is 10.8. The predicted octanol–water partition coefficient (Wildman–Crippen LogP) is 2.26. The summed E-state index contributed by atoms with van der Waals surface area (Å²) in [6.07, 6.45) is 2.49. The van der Waals surface area contributed by atoms with Gasteiger partial charge in [-0.25, -0.2) is 4.98 Å². The monoisotopic (exact) mass is 432 g/mol. The molecule has 1 aliphatic rings. The van der Waals surface area contributed by atoms with E-state index in [4.69, 9.17) is 9.47 Å². The molecule has 2 heterocycles. The summed E-state index contributed by atoms with van der Waals surface area (Å²) in [5.41, 5.74) is 0.499. The fourth-order valence-corrected chi connectivity index (χ4v) is 3.93. The molecule has 2 amide bonds. The SMILES string of the molecule is COc1cccc(C(=O)N(CCCN2CCOCC2)CC(=O)Nc2ncc(C)s2)c1. The van der Waals surface area contributed by atoms with Gasteiger partial charge in [0.15, 0.2) is 5.13 Å². The number of benzene rings is 1. The van der Waals surface area contributed by atoms with Crippen molar-refractivity contribution in [3.05, 3.63) is 40.9 Å². The fourth-order valence-electron chi connectivity index (χ4n) is 3.25. The Morgan fingerprint density at radius 2 is 2.13 bits per heavy atom. The fraction of sp³-hybridized carbons (Fsp3) is 0.476. The molecule has 0 bridgehead atoms. The molecule has 0 atom stereocenters. The summed E-state index contributed by atoms with van der Waals surface area (Å²) in [6, 6.07) is 6.99. The van der Waals surface area contributed by atoms with Gasteiger partial charge in [0.05, 0.1) is 20.3 Å². The lowest BCUT2D eigenvalue weighted by Crippen LogP contribution is -2.41. The van der Waals surface area contributed by atoms with Crippen LogP contribution in [-0.4, -0.2) is 79.6 Å². The first-order chi connectivity index (χ1) is 14.5. The molecule has 0 saturated carbocycles. The Kier molecular flexibility index (Phi) is 8.18. The number of morpholine rings is 1. The van der Waals surface area contributed by atoms with Crippen molar-refractivity contribution >= 4 is 28.3 Å². The molecule has 30 heavy (non-hydrogen) atoms. The molecule has 2 aromatic rings. The second kappa shape index (κ2) is 11.1. The van der Waals surface area contributed by atoms with Crippen LogP contribution in [0.1, 0.15) is 21.7 Å². The minimum atomic E-state index is -0.257. The standard InChI is InChI=1S/C21H28N4O4S/c1-16-14-22-21(30-16)23-19(26)15-25(8-4-7-24-9-11-29-12-10-24)20(27)17-5-3-6-18(13-17)28-2/h3,5-6,13-14H,4,7-12,15H2,1-2H3,(H,22,23,26). The lowest BCUT2D eigenvalue weighted by molar-refractivity contribution is -0.116. The van der Waals surface area contributed by atoms with Crippen LogP contribution in [0.15, 0.2) is 30.5 Å². The van der Waals surface area contributed by atoms with Gasteiger partial charge in [-0.1, -0.05) is 6.07 Å². The number of aromatic nitrogens is 1. The molecule has 1 aliphatic heterocycles. The van der Waals surface area contributed by atoms with Gasteiger partial charge in [0, 0.05) is 42.8 Å². The molecule has 0 radical (unpaired) electrons. The van der Waals surface area contributed by atoms with Gasteiger partial charge in [0.2, 0.25) is 5.91 Å². The van der Waals surface area contributed by atoms with E-state index in [1.54, 1.807) is 42.5 Å². The van der Waals surface area contributed by atoms with Crippen molar-refractivity contribution in [2.45, 2.75) is 13.3 Å². The number of aryl methyl sites for hydroxylation is 1. The zero-order chi connectivity index (χ0) is 21.3. The number of hydrogen-bond acceptors (Lipinski definition) is 7. The van der Waals surface area contributed by atoms with Crippen LogP contribution >= 0.6 is 11.3 Å². The lowest BCUT2D eigenvalue weighted by Gasteiger charge is -2.28. The molecular formula is C21H28N4O4S. The Hall–Kier alpha value is -2.49. The summed E-state index contributed by atoms with van der Waals surface area (Å²) >= 11 is 1.41. The van der Waals surface area contributed by atoms with Gasteiger partial charge in [-0.3, -0.25) is 14.5 Å². The molecule has 0 aliphatic carbocycles. The van der Waals surface area contributed by atoms with Crippen LogP contribution in [-0.2, 0) is 9.53 Å². The predicted molar refractivity (Wildman–Crippen MR) is 116 cm³/mol. The van der Waals surface area contributed by atoms with Crippen molar-refractivity contribution < 1.29 is 19.1 Å². The number of nitrogens with one attached hydrogen (secondary N) is 1.